The van der Waals surface area contributed by atoms with Crippen molar-refractivity contribution in [2.45, 2.75) is 32.0 Å². The SMILES string of the molecule is CNC(C)(CO)CCN1Cc2ccccc2C1. The fourth-order valence-electron chi connectivity index (χ4n) is 2.25. The first-order valence-corrected chi connectivity index (χ1v) is 6.26. The summed E-state index contributed by atoms with van der Waals surface area (Å²) in [4.78, 5) is 2.44. The summed E-state index contributed by atoms with van der Waals surface area (Å²) >= 11 is 0. The lowest BCUT2D eigenvalue weighted by Gasteiger charge is -2.29. The van der Waals surface area contributed by atoms with Crippen LogP contribution in [0.25, 0.3) is 0 Å². The molecule has 1 heterocycles. The summed E-state index contributed by atoms with van der Waals surface area (Å²) in [6, 6.07) is 8.62. The lowest BCUT2D eigenvalue weighted by atomic mass is 9.99. The molecule has 3 heteroatoms. The monoisotopic (exact) mass is 234 g/mol. The molecular weight excluding hydrogens is 212 g/mol. The average Bonchev–Trinajstić information content (AvgIpc) is 2.79. The molecule has 0 spiro atoms. The summed E-state index contributed by atoms with van der Waals surface area (Å²) in [6.07, 6.45) is 0.966. The highest BCUT2D eigenvalue weighted by Gasteiger charge is 2.24. The van der Waals surface area contributed by atoms with Gasteiger partial charge in [-0.15, -0.1) is 0 Å². The summed E-state index contributed by atoms with van der Waals surface area (Å²) < 4.78 is 0. The van der Waals surface area contributed by atoms with Gasteiger partial charge in [-0.25, -0.2) is 0 Å². The number of aliphatic hydroxyl groups is 1. The standard InChI is InChI=1S/C14H22N2O/c1-14(11-17,15-2)7-8-16-9-12-5-3-4-6-13(12)10-16/h3-6,15,17H,7-11H2,1-2H3. The largest absolute Gasteiger partial charge is 0.394 e. The van der Waals surface area contributed by atoms with E-state index in [1.807, 2.05) is 7.05 Å². The summed E-state index contributed by atoms with van der Waals surface area (Å²) in [7, 11) is 1.91. The van der Waals surface area contributed by atoms with Crippen molar-refractivity contribution in [3.8, 4) is 0 Å². The molecule has 1 aromatic rings. The highest BCUT2D eigenvalue weighted by Crippen LogP contribution is 2.23. The van der Waals surface area contributed by atoms with E-state index < -0.39 is 0 Å². The van der Waals surface area contributed by atoms with Crippen molar-refractivity contribution in [1.29, 1.82) is 0 Å². The van der Waals surface area contributed by atoms with Crippen molar-refractivity contribution in [3.63, 3.8) is 0 Å². The van der Waals surface area contributed by atoms with Crippen LogP contribution in [0.3, 0.4) is 0 Å². The van der Waals surface area contributed by atoms with Crippen molar-refractivity contribution >= 4 is 0 Å². The molecule has 0 saturated carbocycles. The fraction of sp³-hybridized carbons (Fsp3) is 0.571. The topological polar surface area (TPSA) is 35.5 Å². The van der Waals surface area contributed by atoms with Crippen molar-refractivity contribution in [3.05, 3.63) is 35.4 Å². The lowest BCUT2D eigenvalue weighted by molar-refractivity contribution is 0.151. The van der Waals surface area contributed by atoms with Crippen LogP contribution in [0.15, 0.2) is 24.3 Å². The van der Waals surface area contributed by atoms with Gasteiger partial charge in [-0.05, 0) is 31.5 Å². The Morgan fingerprint density at radius 2 is 1.88 bits per heavy atom. The Kier molecular flexibility index (Phi) is 3.82. The number of nitrogens with one attached hydrogen (secondary N) is 1. The van der Waals surface area contributed by atoms with E-state index in [1.54, 1.807) is 0 Å². The Morgan fingerprint density at radius 1 is 1.29 bits per heavy atom. The van der Waals surface area contributed by atoms with Gasteiger partial charge in [0.25, 0.3) is 0 Å². The maximum Gasteiger partial charge on any atom is 0.0610 e. The van der Waals surface area contributed by atoms with Crippen molar-refractivity contribution in [2.75, 3.05) is 20.2 Å². The molecule has 0 aromatic heterocycles. The second-order valence-electron chi connectivity index (χ2n) is 5.20. The van der Waals surface area contributed by atoms with E-state index in [-0.39, 0.29) is 12.1 Å². The highest BCUT2D eigenvalue weighted by molar-refractivity contribution is 5.30. The zero-order valence-corrected chi connectivity index (χ0v) is 10.7. The van der Waals surface area contributed by atoms with Gasteiger partial charge in [-0.1, -0.05) is 24.3 Å². The van der Waals surface area contributed by atoms with Crippen molar-refractivity contribution in [2.24, 2.45) is 0 Å². The maximum absolute atomic E-state index is 9.35. The quantitative estimate of drug-likeness (QED) is 0.807. The fourth-order valence-corrected chi connectivity index (χ4v) is 2.25. The summed E-state index contributed by atoms with van der Waals surface area (Å²) in [5, 5.41) is 12.5. The molecular formula is C14H22N2O. The van der Waals surface area contributed by atoms with Gasteiger partial charge in [0.05, 0.1) is 6.61 Å². The number of likely N-dealkylation sites (N-methyl/N-ethyl adjacent to an activating group) is 1. The van der Waals surface area contributed by atoms with Crippen LogP contribution in [-0.2, 0) is 13.1 Å². The van der Waals surface area contributed by atoms with Crippen LogP contribution < -0.4 is 5.32 Å². The second-order valence-corrected chi connectivity index (χ2v) is 5.20. The van der Waals surface area contributed by atoms with Gasteiger partial charge < -0.3 is 10.4 Å². The Hall–Kier alpha value is -0.900. The third-order valence-corrected chi connectivity index (χ3v) is 3.84. The highest BCUT2D eigenvalue weighted by atomic mass is 16.3. The van der Waals surface area contributed by atoms with Crippen LogP contribution in [0.5, 0.6) is 0 Å². The van der Waals surface area contributed by atoms with Gasteiger partial charge in [0.2, 0.25) is 0 Å². The van der Waals surface area contributed by atoms with Gasteiger partial charge in [0.15, 0.2) is 0 Å². The van der Waals surface area contributed by atoms with Crippen LogP contribution in [0.1, 0.15) is 24.5 Å². The Balaban J connectivity index is 1.88. The third kappa shape index (κ3) is 2.86. The predicted octanol–water partition coefficient (Wildman–Crippen LogP) is 1.36. The molecule has 2 N–H and O–H groups in total. The molecule has 1 atom stereocenters. The van der Waals surface area contributed by atoms with Crippen molar-refractivity contribution in [1.82, 2.24) is 10.2 Å². The zero-order valence-electron chi connectivity index (χ0n) is 10.7. The van der Waals surface area contributed by atoms with E-state index in [0.717, 1.165) is 26.1 Å². The van der Waals surface area contributed by atoms with Gasteiger partial charge in [-0.3, -0.25) is 4.90 Å². The van der Waals surface area contributed by atoms with Crippen molar-refractivity contribution < 1.29 is 5.11 Å². The maximum atomic E-state index is 9.35. The number of nitrogens with zero attached hydrogens (tertiary/aromatic N) is 1. The molecule has 0 saturated heterocycles. The molecule has 1 aliphatic rings. The van der Waals surface area contributed by atoms with E-state index in [0.29, 0.717) is 0 Å². The van der Waals surface area contributed by atoms with Crippen LogP contribution in [0.2, 0.25) is 0 Å². The van der Waals surface area contributed by atoms with E-state index in [4.69, 9.17) is 0 Å². The minimum absolute atomic E-state index is 0.158. The normalized spacial score (nSPS) is 19.0. The van der Waals surface area contributed by atoms with Gasteiger partial charge in [0.1, 0.15) is 0 Å². The molecule has 1 unspecified atom stereocenters. The van der Waals surface area contributed by atoms with Gasteiger partial charge >= 0.3 is 0 Å². The Bertz CT molecular complexity index is 349. The van der Waals surface area contributed by atoms with Crippen LogP contribution in [0, 0.1) is 0 Å². The van der Waals surface area contributed by atoms with E-state index in [9.17, 15) is 5.11 Å². The lowest BCUT2D eigenvalue weighted by Crippen LogP contribution is -2.45. The summed E-state index contributed by atoms with van der Waals surface area (Å²) in [6.45, 7) is 5.36. The first-order chi connectivity index (χ1) is 8.17. The predicted molar refractivity (Wildman–Crippen MR) is 69.7 cm³/mol. The first-order valence-electron chi connectivity index (χ1n) is 6.26. The number of aliphatic hydroxyl groups excluding tert-OH is 1. The molecule has 0 aliphatic carbocycles. The van der Waals surface area contributed by atoms with Crippen LogP contribution in [-0.4, -0.2) is 35.7 Å². The summed E-state index contributed by atoms with van der Waals surface area (Å²) in [5.41, 5.74) is 2.74. The number of benzene rings is 1. The minimum atomic E-state index is -0.158. The molecule has 0 fully saturated rings. The number of fused-ring (bicyclic) bond motifs is 1. The van der Waals surface area contributed by atoms with Crippen LogP contribution >= 0.6 is 0 Å². The van der Waals surface area contributed by atoms with Gasteiger partial charge in [0, 0.05) is 25.2 Å². The molecule has 3 nitrogen and oxygen atoms in total. The average molecular weight is 234 g/mol. The Morgan fingerprint density at radius 3 is 2.35 bits per heavy atom. The van der Waals surface area contributed by atoms with E-state index in [2.05, 4.69) is 41.4 Å². The molecule has 1 aromatic carbocycles. The molecule has 17 heavy (non-hydrogen) atoms. The first kappa shape index (κ1) is 12.6. The summed E-state index contributed by atoms with van der Waals surface area (Å²) in [5.74, 6) is 0. The third-order valence-electron chi connectivity index (χ3n) is 3.84. The molecule has 0 radical (unpaired) electrons. The molecule has 0 bridgehead atoms. The molecule has 0 amide bonds. The van der Waals surface area contributed by atoms with E-state index in [1.165, 1.54) is 11.1 Å². The smallest absolute Gasteiger partial charge is 0.0610 e. The number of rotatable bonds is 5. The second kappa shape index (κ2) is 5.17. The molecule has 2 rings (SSSR count). The molecule has 94 valence electrons. The number of hydrogen-bond acceptors (Lipinski definition) is 3. The Labute approximate surface area is 103 Å². The van der Waals surface area contributed by atoms with E-state index >= 15 is 0 Å². The minimum Gasteiger partial charge on any atom is -0.394 e. The number of hydrogen-bond donors (Lipinski definition) is 2. The molecule has 1 aliphatic heterocycles. The van der Waals surface area contributed by atoms with Crippen LogP contribution in [0.4, 0.5) is 0 Å². The zero-order chi connectivity index (χ0) is 12.3. The van der Waals surface area contributed by atoms with Gasteiger partial charge in [-0.2, -0.15) is 0 Å².